The first-order valence-electron chi connectivity index (χ1n) is 8.88. The van der Waals surface area contributed by atoms with Crippen molar-refractivity contribution >= 4 is 56.9 Å². The van der Waals surface area contributed by atoms with Crippen molar-refractivity contribution in [1.29, 1.82) is 0 Å². The molecule has 8 heteroatoms. The molecule has 1 amide bonds. The zero-order chi connectivity index (χ0) is 21.3. The van der Waals surface area contributed by atoms with Gasteiger partial charge in [0.05, 0.1) is 6.21 Å². The van der Waals surface area contributed by atoms with Gasteiger partial charge in [-0.3, -0.25) is 4.79 Å². The molecule has 0 unspecified atom stereocenters. The summed E-state index contributed by atoms with van der Waals surface area (Å²) in [6.45, 7) is 0.0504. The Balaban J connectivity index is 1.58. The van der Waals surface area contributed by atoms with Crippen molar-refractivity contribution in [3.8, 4) is 5.75 Å². The third-order valence-electron chi connectivity index (χ3n) is 3.89. The second kappa shape index (κ2) is 11.0. The van der Waals surface area contributed by atoms with Crippen LogP contribution in [-0.4, -0.2) is 18.7 Å². The lowest BCUT2D eigenvalue weighted by Gasteiger charge is -2.11. The fraction of sp³-hybridized carbons (Fsp3) is 0.0909. The van der Waals surface area contributed by atoms with Crippen LogP contribution in [0.25, 0.3) is 0 Å². The lowest BCUT2D eigenvalue weighted by Crippen LogP contribution is -2.16. The number of anilines is 1. The predicted octanol–water partition coefficient (Wildman–Crippen LogP) is 6.32. The number of ether oxygens (including phenoxy) is 1. The summed E-state index contributed by atoms with van der Waals surface area (Å²) in [5.41, 5.74) is 2.18. The van der Waals surface area contributed by atoms with Crippen LogP contribution >= 0.6 is 39.1 Å². The molecule has 0 saturated heterocycles. The Labute approximate surface area is 192 Å². The van der Waals surface area contributed by atoms with Crippen molar-refractivity contribution in [1.82, 2.24) is 0 Å². The van der Waals surface area contributed by atoms with Crippen LogP contribution in [0.2, 0.25) is 10.0 Å². The highest BCUT2D eigenvalue weighted by atomic mass is 79.9. The Morgan fingerprint density at radius 3 is 2.63 bits per heavy atom. The van der Waals surface area contributed by atoms with E-state index >= 15 is 0 Å². The van der Waals surface area contributed by atoms with Crippen molar-refractivity contribution < 1.29 is 14.4 Å². The fourth-order valence-corrected chi connectivity index (χ4v) is 3.30. The van der Waals surface area contributed by atoms with Gasteiger partial charge in [0, 0.05) is 31.3 Å². The van der Waals surface area contributed by atoms with Crippen LogP contribution < -0.4 is 10.1 Å². The van der Waals surface area contributed by atoms with Gasteiger partial charge in [-0.25, -0.2) is 0 Å². The second-order valence-electron chi connectivity index (χ2n) is 6.13. The number of hydrogen-bond donors (Lipinski definition) is 1. The molecule has 0 aromatic heterocycles. The van der Waals surface area contributed by atoms with Gasteiger partial charge in [0.25, 0.3) is 5.91 Å². The van der Waals surface area contributed by atoms with Crippen molar-refractivity contribution in [2.75, 3.05) is 11.9 Å². The Morgan fingerprint density at radius 1 is 1.07 bits per heavy atom. The monoisotopic (exact) mass is 506 g/mol. The van der Waals surface area contributed by atoms with Gasteiger partial charge in [-0.05, 0) is 42.5 Å². The number of oxime groups is 1. The van der Waals surface area contributed by atoms with Crippen LogP contribution in [-0.2, 0) is 16.2 Å². The van der Waals surface area contributed by atoms with E-state index in [2.05, 4.69) is 26.4 Å². The molecule has 3 aromatic carbocycles. The fourth-order valence-electron chi connectivity index (χ4n) is 2.45. The maximum atomic E-state index is 11.9. The quantitative estimate of drug-likeness (QED) is 0.286. The topological polar surface area (TPSA) is 59.9 Å². The van der Waals surface area contributed by atoms with E-state index in [1.165, 1.54) is 6.21 Å². The molecule has 154 valence electrons. The predicted molar refractivity (Wildman–Crippen MR) is 124 cm³/mol. The summed E-state index contributed by atoms with van der Waals surface area (Å²) in [6, 6.07) is 19.8. The minimum Gasteiger partial charge on any atom is -0.488 e. The number of amides is 1. The molecular weight excluding hydrogens is 491 g/mol. The number of halogens is 3. The van der Waals surface area contributed by atoms with Crippen molar-refractivity contribution in [2.45, 2.75) is 6.61 Å². The molecule has 0 atom stereocenters. The van der Waals surface area contributed by atoms with E-state index in [4.69, 9.17) is 32.8 Å². The molecule has 3 aromatic rings. The van der Waals surface area contributed by atoms with E-state index in [-0.39, 0.29) is 19.1 Å². The average Bonchev–Trinajstić information content (AvgIpc) is 2.72. The molecule has 0 aliphatic rings. The van der Waals surface area contributed by atoms with Crippen LogP contribution in [0.15, 0.2) is 76.4 Å². The number of nitrogens with one attached hydrogen (secondary N) is 1. The molecule has 1 N–H and O–H groups in total. The minimum atomic E-state index is -0.304. The summed E-state index contributed by atoms with van der Waals surface area (Å²) in [4.78, 5) is 17.0. The first-order chi connectivity index (χ1) is 14.5. The Kier molecular flexibility index (Phi) is 8.13. The van der Waals surface area contributed by atoms with Gasteiger partial charge < -0.3 is 14.9 Å². The average molecular weight is 508 g/mol. The van der Waals surface area contributed by atoms with E-state index in [9.17, 15) is 4.79 Å². The second-order valence-corrected chi connectivity index (χ2v) is 7.89. The molecule has 0 fully saturated rings. The normalized spacial score (nSPS) is 10.8. The Morgan fingerprint density at radius 2 is 1.87 bits per heavy atom. The summed E-state index contributed by atoms with van der Waals surface area (Å²) in [6.07, 6.45) is 1.49. The summed E-state index contributed by atoms with van der Waals surface area (Å²) < 4.78 is 6.73. The van der Waals surface area contributed by atoms with Gasteiger partial charge in [-0.2, -0.15) is 0 Å². The number of rotatable bonds is 8. The van der Waals surface area contributed by atoms with Gasteiger partial charge in [-0.1, -0.05) is 68.6 Å². The van der Waals surface area contributed by atoms with Crippen LogP contribution in [0.1, 0.15) is 11.1 Å². The molecule has 0 saturated carbocycles. The van der Waals surface area contributed by atoms with Crippen molar-refractivity contribution in [2.24, 2.45) is 5.16 Å². The van der Waals surface area contributed by atoms with E-state index in [0.717, 1.165) is 10.0 Å². The van der Waals surface area contributed by atoms with E-state index < -0.39 is 0 Å². The van der Waals surface area contributed by atoms with Crippen LogP contribution in [0.4, 0.5) is 5.69 Å². The number of benzene rings is 3. The molecule has 5 nitrogen and oxygen atoms in total. The third-order valence-corrected chi connectivity index (χ3v) is 4.97. The number of nitrogens with zero attached hydrogens (tertiary/aromatic N) is 1. The SMILES string of the molecule is O=C(CO/N=C/c1cc(Br)ccc1OCc1ccc(Cl)cc1Cl)Nc1ccccc1. The molecule has 30 heavy (non-hydrogen) atoms. The summed E-state index contributed by atoms with van der Waals surface area (Å²) in [5, 5.41) is 7.69. The maximum absolute atomic E-state index is 11.9. The Bertz CT molecular complexity index is 1050. The maximum Gasteiger partial charge on any atom is 0.265 e. The molecule has 3 rings (SSSR count). The smallest absolute Gasteiger partial charge is 0.265 e. The number of carbonyl (C=O) groups excluding carboxylic acids is 1. The first-order valence-corrected chi connectivity index (χ1v) is 10.4. The molecule has 0 aliphatic carbocycles. The van der Waals surface area contributed by atoms with Crippen LogP contribution in [0.3, 0.4) is 0 Å². The molecule has 0 aliphatic heterocycles. The van der Waals surface area contributed by atoms with Gasteiger partial charge in [-0.15, -0.1) is 0 Å². The molecule has 0 radical (unpaired) electrons. The van der Waals surface area contributed by atoms with E-state index in [1.807, 2.05) is 36.4 Å². The number of para-hydroxylation sites is 1. The highest BCUT2D eigenvalue weighted by molar-refractivity contribution is 9.10. The zero-order valence-electron chi connectivity index (χ0n) is 15.6. The standard InChI is InChI=1S/C22H17BrCl2N2O3/c23-17-7-9-21(29-13-15-6-8-18(24)11-20(15)25)16(10-17)12-26-30-14-22(28)27-19-4-2-1-3-5-19/h1-12H,13-14H2,(H,27,28)/b26-12+. The zero-order valence-corrected chi connectivity index (χ0v) is 18.7. The molecule has 0 bridgehead atoms. The highest BCUT2D eigenvalue weighted by Crippen LogP contribution is 2.26. The van der Waals surface area contributed by atoms with Gasteiger partial charge in [0.15, 0.2) is 6.61 Å². The lowest BCUT2D eigenvalue weighted by atomic mass is 10.2. The largest absolute Gasteiger partial charge is 0.488 e. The summed E-state index contributed by atoms with van der Waals surface area (Å²) in [5.74, 6) is 0.284. The highest BCUT2D eigenvalue weighted by Gasteiger charge is 2.07. The van der Waals surface area contributed by atoms with Crippen LogP contribution in [0.5, 0.6) is 5.75 Å². The minimum absolute atomic E-state index is 0.212. The van der Waals surface area contributed by atoms with Gasteiger partial charge in [0.1, 0.15) is 12.4 Å². The molecular formula is C22H17BrCl2N2O3. The van der Waals surface area contributed by atoms with Crippen molar-refractivity contribution in [3.05, 3.63) is 92.4 Å². The van der Waals surface area contributed by atoms with E-state index in [0.29, 0.717) is 27.0 Å². The third kappa shape index (κ3) is 6.76. The number of hydrogen-bond acceptors (Lipinski definition) is 4. The summed E-state index contributed by atoms with van der Waals surface area (Å²) in [7, 11) is 0. The van der Waals surface area contributed by atoms with E-state index in [1.54, 1.807) is 30.3 Å². The van der Waals surface area contributed by atoms with Crippen LogP contribution in [0, 0.1) is 0 Å². The summed E-state index contributed by atoms with van der Waals surface area (Å²) >= 11 is 15.5. The first kappa shape index (κ1) is 22.2. The molecule has 0 spiro atoms. The van der Waals surface area contributed by atoms with Crippen molar-refractivity contribution in [3.63, 3.8) is 0 Å². The Hall–Kier alpha value is -2.54. The molecule has 0 heterocycles. The van der Waals surface area contributed by atoms with Gasteiger partial charge in [0.2, 0.25) is 0 Å². The lowest BCUT2D eigenvalue weighted by molar-refractivity contribution is -0.120. The number of carbonyl (C=O) groups is 1. The van der Waals surface area contributed by atoms with Gasteiger partial charge >= 0.3 is 0 Å².